The van der Waals surface area contributed by atoms with Crippen LogP contribution in [0.25, 0.3) is 0 Å². The first-order chi connectivity index (χ1) is 10.5. The molecule has 0 radical (unpaired) electrons. The molecule has 0 spiro atoms. The van der Waals surface area contributed by atoms with Crippen molar-refractivity contribution >= 4 is 5.97 Å². The highest BCUT2D eigenvalue weighted by Gasteiger charge is 2.38. The van der Waals surface area contributed by atoms with Gasteiger partial charge in [0.05, 0.1) is 6.61 Å². The van der Waals surface area contributed by atoms with E-state index >= 15 is 0 Å². The molecule has 3 N–H and O–H groups in total. The first-order valence-electron chi connectivity index (χ1n) is 8.19. The number of halogens is 3. The average Bonchev–Trinajstić information content (AvgIpc) is 2.42. The number of hydrogen-bond acceptors (Lipinski definition) is 3. The fraction of sp³-hybridized carbons (Fsp3) is 0.938. The van der Waals surface area contributed by atoms with Crippen LogP contribution in [0, 0.1) is 5.41 Å². The second-order valence-corrected chi connectivity index (χ2v) is 6.95. The van der Waals surface area contributed by atoms with Crippen LogP contribution in [0.4, 0.5) is 13.2 Å². The summed E-state index contributed by atoms with van der Waals surface area (Å²) in [5.74, 6) is -2.76. The Morgan fingerprint density at radius 2 is 1.96 bits per heavy atom. The molecule has 0 aromatic carbocycles. The summed E-state index contributed by atoms with van der Waals surface area (Å²) < 4.78 is 31.7. The van der Waals surface area contributed by atoms with Crippen molar-refractivity contribution in [3.8, 4) is 0 Å². The van der Waals surface area contributed by atoms with Crippen molar-refractivity contribution in [2.24, 2.45) is 5.41 Å². The number of aliphatic hydroxyl groups excluding tert-OH is 1. The zero-order valence-corrected chi connectivity index (χ0v) is 14.2. The van der Waals surface area contributed by atoms with E-state index in [1.807, 2.05) is 0 Å². The summed E-state index contributed by atoms with van der Waals surface area (Å²) in [5, 5.41) is 20.1. The van der Waals surface area contributed by atoms with E-state index in [-0.39, 0.29) is 6.61 Å². The van der Waals surface area contributed by atoms with Gasteiger partial charge < -0.3 is 15.5 Å². The number of carboxylic acids is 1. The average molecular weight is 341 g/mol. The first kappa shape index (κ1) is 22.2. The van der Waals surface area contributed by atoms with E-state index in [0.29, 0.717) is 17.5 Å². The van der Waals surface area contributed by atoms with Crippen molar-refractivity contribution in [1.29, 1.82) is 0 Å². The van der Waals surface area contributed by atoms with Crippen LogP contribution in [0.1, 0.15) is 65.7 Å². The quantitative estimate of drug-likeness (QED) is 0.688. The Bertz CT molecular complexity index is 346. The topological polar surface area (TPSA) is 69.6 Å². The summed E-state index contributed by atoms with van der Waals surface area (Å²) in [4.78, 5) is 8.90. The number of carbonyl (C=O) groups is 1. The third kappa shape index (κ3) is 10.5. The molecule has 1 saturated carbocycles. The lowest BCUT2D eigenvalue weighted by Gasteiger charge is -2.37. The third-order valence-corrected chi connectivity index (χ3v) is 4.05. The molecule has 2 atom stereocenters. The Morgan fingerprint density at radius 3 is 2.35 bits per heavy atom. The zero-order valence-electron chi connectivity index (χ0n) is 14.2. The predicted molar refractivity (Wildman–Crippen MR) is 83.3 cm³/mol. The lowest BCUT2D eigenvalue weighted by atomic mass is 9.75. The number of nitrogens with one attached hydrogen (secondary N) is 1. The van der Waals surface area contributed by atoms with Crippen LogP contribution in [0.5, 0.6) is 0 Å². The molecule has 4 nitrogen and oxygen atoms in total. The molecule has 2 unspecified atom stereocenters. The summed E-state index contributed by atoms with van der Waals surface area (Å²) in [5.41, 5.74) is 0.487. The molecule has 0 aliphatic heterocycles. The van der Waals surface area contributed by atoms with E-state index in [1.54, 1.807) is 0 Å². The van der Waals surface area contributed by atoms with Crippen LogP contribution in [0.3, 0.4) is 0 Å². The van der Waals surface area contributed by atoms with Crippen LogP contribution in [-0.2, 0) is 4.79 Å². The lowest BCUT2D eigenvalue weighted by Crippen LogP contribution is -2.44. The number of unbranched alkanes of at least 4 members (excludes halogenated alkanes) is 1. The van der Waals surface area contributed by atoms with Crippen LogP contribution in [0.2, 0.25) is 0 Å². The Kier molecular flexibility index (Phi) is 9.77. The van der Waals surface area contributed by atoms with E-state index in [0.717, 1.165) is 6.42 Å². The highest BCUT2D eigenvalue weighted by Crippen LogP contribution is 2.35. The SMILES string of the molecule is CCCCC(CO)NC1CCCC(C)(C)C1.O=C(O)C(F)(F)F. The van der Waals surface area contributed by atoms with Gasteiger partial charge in [-0.05, 0) is 31.1 Å². The Labute approximate surface area is 136 Å². The van der Waals surface area contributed by atoms with Gasteiger partial charge in [0.2, 0.25) is 0 Å². The Hall–Kier alpha value is -0.820. The number of rotatable bonds is 6. The normalized spacial score (nSPS) is 22.0. The van der Waals surface area contributed by atoms with Gasteiger partial charge in [-0.2, -0.15) is 13.2 Å². The molecule has 0 heterocycles. The summed E-state index contributed by atoms with van der Waals surface area (Å²) in [6, 6.07) is 0.941. The minimum atomic E-state index is -5.08. The minimum absolute atomic E-state index is 0.289. The van der Waals surface area contributed by atoms with E-state index in [4.69, 9.17) is 9.90 Å². The third-order valence-electron chi connectivity index (χ3n) is 4.05. The fourth-order valence-corrected chi connectivity index (χ4v) is 2.85. The lowest BCUT2D eigenvalue weighted by molar-refractivity contribution is -0.192. The van der Waals surface area contributed by atoms with Crippen molar-refractivity contribution in [2.75, 3.05) is 6.61 Å². The molecular weight excluding hydrogens is 311 g/mol. The van der Waals surface area contributed by atoms with E-state index < -0.39 is 12.1 Å². The molecule has 1 fully saturated rings. The number of carboxylic acid groups (broad SMARTS) is 1. The van der Waals surface area contributed by atoms with Crippen LogP contribution >= 0.6 is 0 Å². The molecule has 0 aromatic heterocycles. The molecule has 0 bridgehead atoms. The summed E-state index contributed by atoms with van der Waals surface area (Å²) in [6.45, 7) is 7.22. The molecule has 0 amide bonds. The van der Waals surface area contributed by atoms with Crippen molar-refractivity contribution in [2.45, 2.75) is 84.0 Å². The van der Waals surface area contributed by atoms with Crippen molar-refractivity contribution < 1.29 is 28.2 Å². The molecule has 0 saturated heterocycles. The Balaban J connectivity index is 0.000000585. The summed E-state index contributed by atoms with van der Waals surface area (Å²) in [6.07, 6.45) is 3.69. The fourth-order valence-electron chi connectivity index (χ4n) is 2.85. The summed E-state index contributed by atoms with van der Waals surface area (Å²) >= 11 is 0. The molecule has 1 rings (SSSR count). The van der Waals surface area contributed by atoms with E-state index in [9.17, 15) is 18.3 Å². The maximum atomic E-state index is 10.6. The first-order valence-corrected chi connectivity index (χ1v) is 8.19. The smallest absolute Gasteiger partial charge is 0.475 e. The van der Waals surface area contributed by atoms with Gasteiger partial charge in [-0.1, -0.05) is 40.0 Å². The molecular formula is C16H30F3NO3. The highest BCUT2D eigenvalue weighted by atomic mass is 19.4. The molecule has 1 aliphatic carbocycles. The largest absolute Gasteiger partial charge is 0.490 e. The van der Waals surface area contributed by atoms with Gasteiger partial charge in [0.1, 0.15) is 0 Å². The van der Waals surface area contributed by atoms with Gasteiger partial charge in [0, 0.05) is 12.1 Å². The molecule has 7 heteroatoms. The molecule has 138 valence electrons. The van der Waals surface area contributed by atoms with Crippen LogP contribution < -0.4 is 5.32 Å². The highest BCUT2D eigenvalue weighted by molar-refractivity contribution is 5.73. The van der Waals surface area contributed by atoms with Crippen LogP contribution in [0.15, 0.2) is 0 Å². The number of hydrogen-bond donors (Lipinski definition) is 3. The second-order valence-electron chi connectivity index (χ2n) is 6.95. The van der Waals surface area contributed by atoms with Gasteiger partial charge >= 0.3 is 12.1 Å². The van der Waals surface area contributed by atoms with Gasteiger partial charge in [-0.25, -0.2) is 4.79 Å². The maximum Gasteiger partial charge on any atom is 0.490 e. The Morgan fingerprint density at radius 1 is 1.39 bits per heavy atom. The molecule has 1 aliphatic rings. The van der Waals surface area contributed by atoms with Crippen molar-refractivity contribution in [3.63, 3.8) is 0 Å². The number of aliphatic carboxylic acids is 1. The van der Waals surface area contributed by atoms with Crippen molar-refractivity contribution in [3.05, 3.63) is 0 Å². The zero-order chi connectivity index (χ0) is 18.1. The number of alkyl halides is 3. The predicted octanol–water partition coefficient (Wildman–Crippen LogP) is 3.73. The van der Waals surface area contributed by atoms with Gasteiger partial charge in [0.15, 0.2) is 0 Å². The number of aliphatic hydroxyl groups is 1. The summed E-state index contributed by atoms with van der Waals surface area (Å²) in [7, 11) is 0. The minimum Gasteiger partial charge on any atom is -0.475 e. The van der Waals surface area contributed by atoms with E-state index in [2.05, 4.69) is 26.1 Å². The molecule has 0 aromatic rings. The maximum absolute atomic E-state index is 10.6. The van der Waals surface area contributed by atoms with Gasteiger partial charge in [0.25, 0.3) is 0 Å². The van der Waals surface area contributed by atoms with E-state index in [1.165, 1.54) is 38.5 Å². The second kappa shape index (κ2) is 10.1. The van der Waals surface area contributed by atoms with Gasteiger partial charge in [-0.3, -0.25) is 0 Å². The molecule has 23 heavy (non-hydrogen) atoms. The van der Waals surface area contributed by atoms with Gasteiger partial charge in [-0.15, -0.1) is 0 Å². The standard InChI is InChI=1S/C14H29NO.C2HF3O2/c1-4-5-7-13(11-16)15-12-8-6-9-14(2,3)10-12;3-2(4,5)1(6)7/h12-13,15-16H,4-11H2,1-3H3;(H,6,7). The van der Waals surface area contributed by atoms with Crippen LogP contribution in [-0.4, -0.2) is 41.0 Å². The van der Waals surface area contributed by atoms with Crippen molar-refractivity contribution in [1.82, 2.24) is 5.32 Å². The monoisotopic (exact) mass is 341 g/mol.